The number of allylic oxidation sites excluding steroid dienone is 5. The molecule has 57 heavy (non-hydrogen) atoms. The summed E-state index contributed by atoms with van der Waals surface area (Å²) in [6, 6.07) is 0. The molecule has 0 spiro atoms. The Balaban J connectivity index is 4.63. The fraction of sp³-hybridized carbons (Fsp3) is 0.778. The third-order valence-corrected chi connectivity index (χ3v) is 10.3. The minimum Gasteiger partial charge on any atom is -0.462 e. The van der Waals surface area contributed by atoms with Crippen molar-refractivity contribution in [1.29, 1.82) is 0 Å². The van der Waals surface area contributed by atoms with E-state index < -0.39 is 44.7 Å². The van der Waals surface area contributed by atoms with Gasteiger partial charge in [0.1, 0.15) is 19.8 Å². The number of rotatable bonds is 39. The first kappa shape index (κ1) is 54.9. The first-order valence-electron chi connectivity index (χ1n) is 22.1. The molecule has 0 fully saturated rings. The minimum atomic E-state index is -4.44. The number of phosphoric ester groups is 1. The van der Waals surface area contributed by atoms with Crippen molar-refractivity contribution in [1.82, 2.24) is 0 Å². The van der Waals surface area contributed by atoms with Gasteiger partial charge in [0.05, 0.1) is 40.0 Å². The maximum Gasteiger partial charge on any atom is 0.472 e. The van der Waals surface area contributed by atoms with E-state index in [4.69, 9.17) is 18.5 Å². The van der Waals surface area contributed by atoms with Crippen molar-refractivity contribution < 1.29 is 52.3 Å². The molecule has 0 heterocycles. The number of nitrogens with zero attached hydrogens (tertiary/aromatic N) is 1. The lowest BCUT2D eigenvalue weighted by Gasteiger charge is -2.24. The van der Waals surface area contributed by atoms with E-state index in [2.05, 4.69) is 19.9 Å². The summed E-state index contributed by atoms with van der Waals surface area (Å²) in [6.07, 6.45) is 35.0. The van der Waals surface area contributed by atoms with Gasteiger partial charge < -0.3 is 29.1 Å². The van der Waals surface area contributed by atoms with Crippen LogP contribution in [0.3, 0.4) is 0 Å². The van der Waals surface area contributed by atoms with Crippen molar-refractivity contribution in [3.63, 3.8) is 0 Å². The molecule has 0 amide bonds. The zero-order chi connectivity index (χ0) is 42.5. The lowest BCUT2D eigenvalue weighted by molar-refractivity contribution is -0.870. The third-order valence-electron chi connectivity index (χ3n) is 9.30. The molecule has 0 saturated heterocycles. The highest BCUT2D eigenvalue weighted by Gasteiger charge is 2.27. The van der Waals surface area contributed by atoms with Gasteiger partial charge >= 0.3 is 19.8 Å². The smallest absolute Gasteiger partial charge is 0.462 e. The second-order valence-corrected chi connectivity index (χ2v) is 17.6. The largest absolute Gasteiger partial charge is 0.472 e. The molecule has 1 unspecified atom stereocenters. The average Bonchev–Trinajstić information content (AvgIpc) is 3.15. The lowest BCUT2D eigenvalue weighted by Crippen LogP contribution is -2.37. The standard InChI is InChI=1S/C45H82NO10P/c1-6-8-10-12-14-15-16-17-18-19-20-21-23-29-35-44(49)53-39-43(40-55-57(51,52)54-38-37-46(3,4)5)56-45(50)36-30-34-42(48)33-28-25-24-27-32-41(47)31-26-22-13-11-9-7-2/h22,24-28,32-33,41-43,47-48H,6-21,23,29-31,34-40H2,1-5H3/p+1/b25-24+,26-22-,32-27+,33-28-/t41-,42-,43+/m0/s1. The molecule has 4 atom stereocenters. The summed E-state index contributed by atoms with van der Waals surface area (Å²) in [5, 5.41) is 20.4. The van der Waals surface area contributed by atoms with Crippen LogP contribution in [0, 0.1) is 0 Å². The van der Waals surface area contributed by atoms with Crippen LogP contribution in [0.15, 0.2) is 48.6 Å². The summed E-state index contributed by atoms with van der Waals surface area (Å²) in [7, 11) is 1.32. The van der Waals surface area contributed by atoms with Crippen LogP contribution in [0.2, 0.25) is 0 Å². The van der Waals surface area contributed by atoms with E-state index in [9.17, 15) is 29.3 Å². The number of aliphatic hydroxyl groups excluding tert-OH is 2. The topological polar surface area (TPSA) is 149 Å². The van der Waals surface area contributed by atoms with Gasteiger partial charge in [-0.15, -0.1) is 0 Å². The number of likely N-dealkylation sites (N-methyl/N-ethyl adjacent to an activating group) is 1. The second kappa shape index (κ2) is 36.9. The van der Waals surface area contributed by atoms with Crippen LogP contribution in [0.4, 0.5) is 0 Å². The molecule has 0 aromatic heterocycles. The van der Waals surface area contributed by atoms with Gasteiger partial charge in [-0.1, -0.05) is 159 Å². The van der Waals surface area contributed by atoms with Crippen molar-refractivity contribution in [3.8, 4) is 0 Å². The molecule has 0 saturated carbocycles. The van der Waals surface area contributed by atoms with Crippen LogP contribution in [0.5, 0.6) is 0 Å². The molecule has 332 valence electrons. The summed E-state index contributed by atoms with van der Waals surface area (Å²) in [6.45, 7) is 4.07. The molecule has 3 N–H and O–H groups in total. The number of hydrogen-bond acceptors (Lipinski definition) is 9. The highest BCUT2D eigenvalue weighted by Crippen LogP contribution is 2.43. The maximum atomic E-state index is 12.7. The lowest BCUT2D eigenvalue weighted by atomic mass is 10.0. The average molecular weight is 829 g/mol. The molecule has 0 aliphatic carbocycles. The van der Waals surface area contributed by atoms with Crippen molar-refractivity contribution in [2.45, 2.75) is 180 Å². The molecular weight excluding hydrogens is 745 g/mol. The monoisotopic (exact) mass is 829 g/mol. The number of aliphatic hydroxyl groups is 2. The van der Waals surface area contributed by atoms with E-state index in [0.29, 0.717) is 36.7 Å². The van der Waals surface area contributed by atoms with Gasteiger partial charge in [0, 0.05) is 12.8 Å². The van der Waals surface area contributed by atoms with Gasteiger partial charge in [0.25, 0.3) is 0 Å². The third kappa shape index (κ3) is 40.5. The molecule has 12 heteroatoms. The van der Waals surface area contributed by atoms with E-state index in [1.165, 1.54) is 83.5 Å². The van der Waals surface area contributed by atoms with E-state index in [0.717, 1.165) is 25.7 Å². The summed E-state index contributed by atoms with van der Waals surface area (Å²) in [4.78, 5) is 35.4. The quantitative estimate of drug-likeness (QED) is 0.0137. The first-order valence-corrected chi connectivity index (χ1v) is 23.6. The summed E-state index contributed by atoms with van der Waals surface area (Å²) in [5.74, 6) is -1.04. The zero-order valence-corrected chi connectivity index (χ0v) is 37.4. The van der Waals surface area contributed by atoms with Gasteiger partial charge in [0.2, 0.25) is 0 Å². The number of esters is 2. The Bertz CT molecular complexity index is 1150. The van der Waals surface area contributed by atoms with Gasteiger partial charge in [-0.25, -0.2) is 4.57 Å². The Morgan fingerprint density at radius 1 is 0.632 bits per heavy atom. The summed E-state index contributed by atoms with van der Waals surface area (Å²) in [5.41, 5.74) is 0. The Morgan fingerprint density at radius 2 is 1.16 bits per heavy atom. The number of phosphoric acid groups is 1. The van der Waals surface area contributed by atoms with Crippen LogP contribution >= 0.6 is 7.82 Å². The van der Waals surface area contributed by atoms with Crippen molar-refractivity contribution in [2.24, 2.45) is 0 Å². The Hall–Kier alpha value is -2.11. The van der Waals surface area contributed by atoms with E-state index in [1.807, 2.05) is 27.2 Å². The van der Waals surface area contributed by atoms with Gasteiger partial charge in [-0.3, -0.25) is 18.6 Å². The normalized spacial score (nSPS) is 15.2. The van der Waals surface area contributed by atoms with Crippen LogP contribution in [0.25, 0.3) is 0 Å². The Kier molecular flexibility index (Phi) is 35.6. The molecule has 0 aliphatic rings. The van der Waals surface area contributed by atoms with Gasteiger partial charge in [-0.05, 0) is 38.5 Å². The molecule has 0 aliphatic heterocycles. The van der Waals surface area contributed by atoms with Gasteiger partial charge in [-0.2, -0.15) is 0 Å². The Labute approximate surface area is 347 Å². The fourth-order valence-electron chi connectivity index (χ4n) is 5.74. The Morgan fingerprint density at radius 3 is 1.74 bits per heavy atom. The first-order chi connectivity index (χ1) is 27.3. The number of quaternary nitrogens is 1. The van der Waals surface area contributed by atoms with Crippen LogP contribution in [-0.4, -0.2) is 97.3 Å². The van der Waals surface area contributed by atoms with Gasteiger partial charge in [0.15, 0.2) is 6.10 Å². The number of hydrogen-bond donors (Lipinski definition) is 3. The number of unbranched alkanes of at least 4 members (excludes halogenated alkanes) is 16. The number of ether oxygens (including phenoxy) is 2. The predicted octanol–water partition coefficient (Wildman–Crippen LogP) is 10.2. The molecule has 0 rings (SSSR count). The van der Waals surface area contributed by atoms with Crippen molar-refractivity contribution in [2.75, 3.05) is 47.5 Å². The summed E-state index contributed by atoms with van der Waals surface area (Å²) < 4.78 is 34.1. The van der Waals surface area contributed by atoms with Crippen LogP contribution < -0.4 is 0 Å². The maximum absolute atomic E-state index is 12.7. The molecule has 0 bridgehead atoms. The highest BCUT2D eigenvalue weighted by atomic mass is 31.2. The fourth-order valence-corrected chi connectivity index (χ4v) is 6.48. The molecule has 0 radical (unpaired) electrons. The molecule has 0 aromatic rings. The van der Waals surface area contributed by atoms with E-state index in [-0.39, 0.29) is 26.1 Å². The van der Waals surface area contributed by atoms with E-state index in [1.54, 1.807) is 36.5 Å². The molecule has 0 aromatic carbocycles. The molecular formula is C45H83NO10P+. The summed E-state index contributed by atoms with van der Waals surface area (Å²) >= 11 is 0. The zero-order valence-electron chi connectivity index (χ0n) is 36.5. The van der Waals surface area contributed by atoms with Crippen molar-refractivity contribution in [3.05, 3.63) is 48.6 Å². The second-order valence-electron chi connectivity index (χ2n) is 16.1. The van der Waals surface area contributed by atoms with Crippen LogP contribution in [0.1, 0.15) is 162 Å². The minimum absolute atomic E-state index is 0.0145. The van der Waals surface area contributed by atoms with Crippen LogP contribution in [-0.2, 0) is 32.7 Å². The van der Waals surface area contributed by atoms with E-state index >= 15 is 0 Å². The highest BCUT2D eigenvalue weighted by molar-refractivity contribution is 7.47. The van der Waals surface area contributed by atoms with Crippen molar-refractivity contribution >= 4 is 19.8 Å². The molecule has 11 nitrogen and oxygen atoms in total. The SMILES string of the molecule is CCCCC/C=C\C[C@H](O)/C=C/C=C/C=C\[C@H](O)CCCC(=O)O[C@H](COC(=O)CCCCCCCCCCCCCCCC)COP(=O)(O)OCC[N+](C)(C)C. The number of carbonyl (C=O) groups excluding carboxylic acids is 2. The predicted molar refractivity (Wildman–Crippen MR) is 232 cm³/mol. The number of carbonyl (C=O) groups is 2.